The number of hydrogen-bond donors (Lipinski definition) is 3. The van der Waals surface area contributed by atoms with E-state index in [1.807, 2.05) is 78.8 Å². The molecule has 9 nitrogen and oxygen atoms in total. The van der Waals surface area contributed by atoms with Crippen molar-refractivity contribution in [1.82, 2.24) is 20.4 Å². The van der Waals surface area contributed by atoms with Crippen molar-refractivity contribution in [2.75, 3.05) is 20.6 Å². The predicted octanol–water partition coefficient (Wildman–Crippen LogP) is 2.64. The van der Waals surface area contributed by atoms with Crippen molar-refractivity contribution in [2.45, 2.75) is 90.9 Å². The molecular weight excluding hydrogens is 484 g/mol. The van der Waals surface area contributed by atoms with Gasteiger partial charge in [0.15, 0.2) is 0 Å². The summed E-state index contributed by atoms with van der Waals surface area (Å²) in [5, 5.41) is 15.7. The van der Waals surface area contributed by atoms with E-state index < -0.39 is 46.9 Å². The van der Waals surface area contributed by atoms with Gasteiger partial charge in [-0.2, -0.15) is 0 Å². The molecule has 0 aliphatic carbocycles. The minimum Gasteiger partial charge on any atom is -0.480 e. The number of likely N-dealkylation sites (tertiary alicyclic amines) is 1. The molecule has 0 aromatic heterocycles. The molecule has 4 atom stereocenters. The first kappa shape index (κ1) is 31.3. The first-order valence-corrected chi connectivity index (χ1v) is 13.4. The summed E-state index contributed by atoms with van der Waals surface area (Å²) < 4.78 is 0. The number of carbonyl (C=O) groups excluding carboxylic acids is 3. The molecule has 1 saturated heterocycles. The van der Waals surface area contributed by atoms with E-state index in [9.17, 15) is 24.3 Å². The number of rotatable bonds is 10. The molecule has 3 N–H and O–H groups in total. The predicted molar refractivity (Wildman–Crippen MR) is 147 cm³/mol. The van der Waals surface area contributed by atoms with Gasteiger partial charge in [-0.05, 0) is 36.8 Å². The van der Waals surface area contributed by atoms with Crippen molar-refractivity contribution >= 4 is 23.7 Å². The van der Waals surface area contributed by atoms with Crippen molar-refractivity contribution in [3.05, 3.63) is 35.9 Å². The second kappa shape index (κ2) is 12.3. The molecule has 0 bridgehead atoms. The van der Waals surface area contributed by atoms with E-state index in [1.165, 1.54) is 9.80 Å². The van der Waals surface area contributed by atoms with Gasteiger partial charge in [0.1, 0.15) is 18.1 Å². The monoisotopic (exact) mass is 530 g/mol. The van der Waals surface area contributed by atoms with Gasteiger partial charge in [0.2, 0.25) is 17.7 Å². The SMILES string of the molecule is CNC(C(=O)N[C@H](C(=O)N(C)[C@H](C(=O)N1CCC[C@H]1C(=O)O)C(C)C)C(C)(C)C)C(C)(C)c1ccccc1. The van der Waals surface area contributed by atoms with Gasteiger partial charge in [-0.3, -0.25) is 14.4 Å². The number of benzene rings is 1. The van der Waals surface area contributed by atoms with Crippen LogP contribution in [0.4, 0.5) is 0 Å². The van der Waals surface area contributed by atoms with Gasteiger partial charge in [-0.1, -0.05) is 78.8 Å². The van der Waals surface area contributed by atoms with E-state index >= 15 is 0 Å². The Kier molecular flexibility index (Phi) is 10.1. The van der Waals surface area contributed by atoms with Gasteiger partial charge < -0.3 is 25.5 Å². The fraction of sp³-hybridized carbons (Fsp3) is 0.655. The van der Waals surface area contributed by atoms with Crippen LogP contribution >= 0.6 is 0 Å². The standard InChI is InChI=1S/C29H46N4O5/c1-18(2)21(25(35)33-17-13-16-20(33)27(37)38)32(9)26(36)23(28(3,4)5)31-24(34)22(30-8)29(6,7)19-14-11-10-12-15-19/h10-12,14-15,18,20-23,30H,13,16-17H2,1-9H3,(H,31,34)(H,37,38)/t20-,21-,22?,23+/m0/s1. The van der Waals surface area contributed by atoms with E-state index in [1.54, 1.807) is 14.1 Å². The van der Waals surface area contributed by atoms with Gasteiger partial charge in [-0.15, -0.1) is 0 Å². The first-order valence-electron chi connectivity index (χ1n) is 13.4. The number of hydrogen-bond acceptors (Lipinski definition) is 5. The Morgan fingerprint density at radius 2 is 1.61 bits per heavy atom. The summed E-state index contributed by atoms with van der Waals surface area (Å²) >= 11 is 0. The van der Waals surface area contributed by atoms with Gasteiger partial charge >= 0.3 is 5.97 Å². The van der Waals surface area contributed by atoms with Crippen molar-refractivity contribution in [3.63, 3.8) is 0 Å². The summed E-state index contributed by atoms with van der Waals surface area (Å²) in [5.74, 6) is -2.38. The molecule has 3 amide bonds. The van der Waals surface area contributed by atoms with Crippen molar-refractivity contribution in [3.8, 4) is 0 Å². The van der Waals surface area contributed by atoms with Gasteiger partial charge in [0.25, 0.3) is 0 Å². The van der Waals surface area contributed by atoms with Crippen LogP contribution in [0.2, 0.25) is 0 Å². The second-order valence-corrected chi connectivity index (χ2v) is 12.3. The lowest BCUT2D eigenvalue weighted by Gasteiger charge is -2.40. The second-order valence-electron chi connectivity index (χ2n) is 12.3. The Bertz CT molecular complexity index is 1000. The highest BCUT2D eigenvalue weighted by Gasteiger charge is 2.45. The highest BCUT2D eigenvalue weighted by Crippen LogP contribution is 2.29. The van der Waals surface area contributed by atoms with Crippen molar-refractivity contribution < 1.29 is 24.3 Å². The van der Waals surface area contributed by atoms with E-state index in [0.717, 1.165) is 5.56 Å². The highest BCUT2D eigenvalue weighted by molar-refractivity contribution is 5.95. The summed E-state index contributed by atoms with van der Waals surface area (Å²) in [6.07, 6.45) is 1.00. The first-order chi connectivity index (χ1) is 17.5. The fourth-order valence-electron chi connectivity index (χ4n) is 5.42. The molecule has 212 valence electrons. The largest absolute Gasteiger partial charge is 0.480 e. The molecule has 1 heterocycles. The molecule has 0 spiro atoms. The van der Waals surface area contributed by atoms with Crippen LogP contribution in [0.5, 0.6) is 0 Å². The Morgan fingerprint density at radius 3 is 2.08 bits per heavy atom. The highest BCUT2D eigenvalue weighted by atomic mass is 16.4. The Hall–Kier alpha value is -2.94. The summed E-state index contributed by atoms with van der Waals surface area (Å²) in [7, 11) is 3.28. The fourth-order valence-corrected chi connectivity index (χ4v) is 5.42. The Morgan fingerprint density at radius 1 is 1.03 bits per heavy atom. The third kappa shape index (κ3) is 6.73. The molecule has 1 unspecified atom stereocenters. The number of carbonyl (C=O) groups is 4. The molecule has 0 saturated carbocycles. The zero-order valence-electron chi connectivity index (χ0n) is 24.4. The molecule has 9 heteroatoms. The molecule has 2 rings (SSSR count). The summed E-state index contributed by atoms with van der Waals surface area (Å²) in [6.45, 7) is 13.6. The zero-order valence-corrected chi connectivity index (χ0v) is 24.4. The molecule has 1 aliphatic heterocycles. The molecule has 1 aromatic rings. The molecule has 1 aliphatic rings. The van der Waals surface area contributed by atoms with Crippen molar-refractivity contribution in [1.29, 1.82) is 0 Å². The molecular formula is C29H46N4O5. The maximum atomic E-state index is 13.9. The third-order valence-corrected chi connectivity index (χ3v) is 7.66. The summed E-state index contributed by atoms with van der Waals surface area (Å²) in [5.41, 5.74) is -0.248. The average molecular weight is 531 g/mol. The van der Waals surface area contributed by atoms with Gasteiger partial charge in [0.05, 0.1) is 6.04 Å². The number of carboxylic acid groups (broad SMARTS) is 1. The maximum Gasteiger partial charge on any atom is 0.326 e. The van der Waals surface area contributed by atoms with Crippen LogP contribution in [0.25, 0.3) is 0 Å². The average Bonchev–Trinajstić information content (AvgIpc) is 3.32. The topological polar surface area (TPSA) is 119 Å². The minimum atomic E-state index is -1.04. The maximum absolute atomic E-state index is 13.9. The lowest BCUT2D eigenvalue weighted by atomic mass is 9.76. The van der Waals surface area contributed by atoms with Crippen LogP contribution in [0.3, 0.4) is 0 Å². The van der Waals surface area contributed by atoms with Crippen LogP contribution in [0.1, 0.15) is 66.9 Å². The molecule has 38 heavy (non-hydrogen) atoms. The zero-order chi connectivity index (χ0) is 29.0. The van der Waals surface area contributed by atoms with E-state index in [0.29, 0.717) is 19.4 Å². The summed E-state index contributed by atoms with van der Waals surface area (Å²) in [6, 6.07) is 6.44. The minimum absolute atomic E-state index is 0.259. The Labute approximate surface area is 227 Å². The molecule has 1 aromatic carbocycles. The number of amides is 3. The number of aliphatic carboxylic acids is 1. The van der Waals surface area contributed by atoms with Crippen LogP contribution in [0.15, 0.2) is 30.3 Å². The number of nitrogens with zero attached hydrogens (tertiary/aromatic N) is 2. The number of carboxylic acids is 1. The van der Waals surface area contributed by atoms with Crippen LogP contribution in [-0.2, 0) is 24.6 Å². The van der Waals surface area contributed by atoms with Gasteiger partial charge in [0, 0.05) is 19.0 Å². The summed E-state index contributed by atoms with van der Waals surface area (Å²) in [4.78, 5) is 55.6. The normalized spacial score (nSPS) is 18.6. The van der Waals surface area contributed by atoms with Crippen LogP contribution in [-0.4, -0.2) is 83.4 Å². The van der Waals surface area contributed by atoms with Crippen LogP contribution < -0.4 is 10.6 Å². The lowest BCUT2D eigenvalue weighted by molar-refractivity contribution is -0.154. The van der Waals surface area contributed by atoms with E-state index in [4.69, 9.17) is 0 Å². The molecule has 0 radical (unpaired) electrons. The van der Waals surface area contributed by atoms with Crippen molar-refractivity contribution in [2.24, 2.45) is 11.3 Å². The number of nitrogens with one attached hydrogen (secondary N) is 2. The van der Waals surface area contributed by atoms with Crippen LogP contribution in [0, 0.1) is 11.3 Å². The Balaban J connectivity index is 2.34. The lowest BCUT2D eigenvalue weighted by Crippen LogP contribution is -2.63. The quantitative estimate of drug-likeness (QED) is 0.428. The smallest absolute Gasteiger partial charge is 0.326 e. The van der Waals surface area contributed by atoms with Gasteiger partial charge in [-0.25, -0.2) is 4.79 Å². The molecule has 1 fully saturated rings. The number of likely N-dealkylation sites (N-methyl/N-ethyl adjacent to an activating group) is 2. The van der Waals surface area contributed by atoms with E-state index in [-0.39, 0.29) is 17.7 Å². The third-order valence-electron chi connectivity index (χ3n) is 7.66. The van der Waals surface area contributed by atoms with E-state index in [2.05, 4.69) is 10.6 Å².